The third-order valence-electron chi connectivity index (χ3n) is 7.47. The van der Waals surface area contributed by atoms with Crippen molar-refractivity contribution in [2.75, 3.05) is 13.2 Å². The van der Waals surface area contributed by atoms with E-state index in [4.69, 9.17) is 8.85 Å². The first-order chi connectivity index (χ1) is 13.3. The van der Waals surface area contributed by atoms with Gasteiger partial charge in [0.05, 0.1) is 0 Å². The second-order valence-electron chi connectivity index (χ2n) is 9.47. The molecule has 4 heteroatoms. The molecule has 0 atom stereocenters. The molecule has 152 valence electrons. The van der Waals surface area contributed by atoms with Gasteiger partial charge in [0.1, 0.15) is 0 Å². The van der Waals surface area contributed by atoms with Crippen LogP contribution in [0.1, 0.15) is 38.5 Å². The SMILES string of the molecule is C=C[Si](C=C)(C=C)OCC12CC3CC(C1)CC(CO[Si](C=C)(C=C)C=C)(C3)C2. The van der Waals surface area contributed by atoms with Crippen molar-refractivity contribution in [1.29, 1.82) is 0 Å². The molecule has 0 aromatic rings. The zero-order chi connectivity index (χ0) is 20.5. The molecule has 0 unspecified atom stereocenters. The van der Waals surface area contributed by atoms with E-state index in [0.717, 1.165) is 25.0 Å². The van der Waals surface area contributed by atoms with Gasteiger partial charge in [0, 0.05) is 13.2 Å². The van der Waals surface area contributed by atoms with Gasteiger partial charge in [0.15, 0.2) is 0 Å². The molecular weight excluding hydrogens is 376 g/mol. The molecular formula is C24H36O2Si2. The smallest absolute Gasteiger partial charge is 0.264 e. The topological polar surface area (TPSA) is 18.5 Å². The number of hydrogen-bond acceptors (Lipinski definition) is 2. The van der Waals surface area contributed by atoms with Crippen LogP contribution in [0.25, 0.3) is 0 Å². The summed E-state index contributed by atoms with van der Waals surface area (Å²) < 4.78 is 13.0. The molecule has 28 heavy (non-hydrogen) atoms. The van der Waals surface area contributed by atoms with E-state index in [2.05, 4.69) is 39.5 Å². The lowest BCUT2D eigenvalue weighted by Gasteiger charge is -2.62. The predicted octanol–water partition coefficient (Wildman–Crippen LogP) is 5.85. The Morgan fingerprint density at radius 2 is 0.964 bits per heavy atom. The highest BCUT2D eigenvalue weighted by molar-refractivity contribution is 6.88. The van der Waals surface area contributed by atoms with Crippen LogP contribution >= 0.6 is 0 Å². The van der Waals surface area contributed by atoms with Gasteiger partial charge in [-0.25, -0.2) is 0 Å². The summed E-state index contributed by atoms with van der Waals surface area (Å²) in [7, 11) is -4.46. The van der Waals surface area contributed by atoms with Gasteiger partial charge < -0.3 is 8.85 Å². The van der Waals surface area contributed by atoms with Crippen LogP contribution in [0.3, 0.4) is 0 Å². The van der Waals surface area contributed by atoms with Crippen molar-refractivity contribution in [3.05, 3.63) is 73.7 Å². The molecule has 4 aliphatic rings. The molecule has 4 fully saturated rings. The lowest BCUT2D eigenvalue weighted by atomic mass is 9.44. The normalized spacial score (nSPS) is 33.9. The first kappa shape index (κ1) is 21.5. The molecule has 4 aliphatic carbocycles. The van der Waals surface area contributed by atoms with Crippen molar-refractivity contribution in [2.24, 2.45) is 22.7 Å². The van der Waals surface area contributed by atoms with Crippen molar-refractivity contribution in [1.82, 2.24) is 0 Å². The largest absolute Gasteiger partial charge is 0.405 e. The highest BCUT2D eigenvalue weighted by atomic mass is 28.4. The Bertz CT molecular complexity index is 569. The van der Waals surface area contributed by atoms with E-state index < -0.39 is 16.6 Å². The summed E-state index contributed by atoms with van der Waals surface area (Å²) in [5, 5.41) is 0. The second-order valence-corrected chi connectivity index (χ2v) is 15.9. The molecule has 0 amide bonds. The maximum atomic E-state index is 6.52. The van der Waals surface area contributed by atoms with Crippen LogP contribution in [0.5, 0.6) is 0 Å². The summed E-state index contributed by atoms with van der Waals surface area (Å²) in [5.74, 6) is 1.60. The Kier molecular flexibility index (Phi) is 6.07. The average Bonchev–Trinajstić information content (AvgIpc) is 2.70. The molecule has 4 saturated carbocycles. The predicted molar refractivity (Wildman–Crippen MR) is 124 cm³/mol. The first-order valence-corrected chi connectivity index (χ1v) is 14.7. The fraction of sp³-hybridized carbons (Fsp3) is 0.500. The maximum absolute atomic E-state index is 6.52. The van der Waals surface area contributed by atoms with Crippen molar-refractivity contribution >= 4 is 16.6 Å². The molecule has 0 heterocycles. The van der Waals surface area contributed by atoms with Gasteiger partial charge in [0.25, 0.3) is 16.6 Å². The Morgan fingerprint density at radius 3 is 1.25 bits per heavy atom. The van der Waals surface area contributed by atoms with Crippen LogP contribution < -0.4 is 0 Å². The van der Waals surface area contributed by atoms with Crippen LogP contribution in [0.4, 0.5) is 0 Å². The van der Waals surface area contributed by atoms with Gasteiger partial charge in [-0.05, 0) is 61.2 Å². The lowest BCUT2D eigenvalue weighted by Crippen LogP contribution is -2.56. The van der Waals surface area contributed by atoms with E-state index in [-0.39, 0.29) is 10.8 Å². The molecule has 0 spiro atoms. The minimum Gasteiger partial charge on any atom is -0.405 e. The van der Waals surface area contributed by atoms with Crippen LogP contribution in [-0.4, -0.2) is 29.8 Å². The second kappa shape index (κ2) is 7.90. The highest BCUT2D eigenvalue weighted by Gasteiger charge is 2.58. The first-order valence-electron chi connectivity index (χ1n) is 10.4. The molecule has 4 bridgehead atoms. The van der Waals surface area contributed by atoms with Crippen LogP contribution in [0.2, 0.25) is 0 Å². The average molecular weight is 413 g/mol. The van der Waals surface area contributed by atoms with Gasteiger partial charge >= 0.3 is 0 Å². The molecule has 4 rings (SSSR count). The molecule has 2 nitrogen and oxygen atoms in total. The van der Waals surface area contributed by atoms with Crippen LogP contribution in [0, 0.1) is 22.7 Å². The third-order valence-corrected chi connectivity index (χ3v) is 12.6. The fourth-order valence-electron chi connectivity index (χ4n) is 6.40. The number of hydrogen-bond donors (Lipinski definition) is 0. The fourth-order valence-corrected chi connectivity index (χ4v) is 9.22. The summed E-state index contributed by atoms with van der Waals surface area (Å²) in [4.78, 5) is 0. The lowest BCUT2D eigenvalue weighted by molar-refractivity contribution is -0.139. The van der Waals surface area contributed by atoms with E-state index in [0.29, 0.717) is 0 Å². The van der Waals surface area contributed by atoms with E-state index in [9.17, 15) is 0 Å². The standard InChI is InChI=1S/C24H36O2Si2/c1-7-27(8-2,9-3)25-19-23-14-21-13-22(15-23)17-24(16-21,18-23)20-26-28(10-4,11-5)12-6/h7-12,21-22H,1-6,13-20H2. The van der Waals surface area contributed by atoms with Gasteiger partial charge in [-0.3, -0.25) is 0 Å². The zero-order valence-electron chi connectivity index (χ0n) is 17.3. The summed E-state index contributed by atoms with van der Waals surface area (Å²) in [6.45, 7) is 25.5. The van der Waals surface area contributed by atoms with Crippen LogP contribution in [0.15, 0.2) is 73.7 Å². The van der Waals surface area contributed by atoms with E-state index in [1.807, 2.05) is 34.2 Å². The summed E-state index contributed by atoms with van der Waals surface area (Å²) >= 11 is 0. The number of rotatable bonds is 12. The van der Waals surface area contributed by atoms with Crippen molar-refractivity contribution in [3.8, 4) is 0 Å². The zero-order valence-corrected chi connectivity index (χ0v) is 19.3. The van der Waals surface area contributed by atoms with E-state index in [1.54, 1.807) is 0 Å². The minimum absolute atomic E-state index is 0.265. The van der Waals surface area contributed by atoms with Gasteiger partial charge in [-0.15, -0.1) is 39.5 Å². The van der Waals surface area contributed by atoms with Crippen LogP contribution in [-0.2, 0) is 8.85 Å². The highest BCUT2D eigenvalue weighted by Crippen LogP contribution is 2.65. The minimum atomic E-state index is -2.23. The summed E-state index contributed by atoms with van der Waals surface area (Å²) in [6, 6.07) is 0. The third kappa shape index (κ3) is 3.80. The van der Waals surface area contributed by atoms with Crippen molar-refractivity contribution < 1.29 is 8.85 Å². The van der Waals surface area contributed by atoms with Gasteiger partial charge in [-0.2, -0.15) is 0 Å². The molecule has 0 N–H and O–H groups in total. The summed E-state index contributed by atoms with van der Waals surface area (Å²) in [6.07, 6.45) is 7.71. The molecule has 0 aliphatic heterocycles. The van der Waals surface area contributed by atoms with Crippen molar-refractivity contribution in [2.45, 2.75) is 38.5 Å². The van der Waals surface area contributed by atoms with Gasteiger partial charge in [0.2, 0.25) is 0 Å². The Balaban J connectivity index is 1.77. The van der Waals surface area contributed by atoms with E-state index >= 15 is 0 Å². The Labute approximate surface area is 173 Å². The molecule has 0 aromatic carbocycles. The molecule has 0 radical (unpaired) electrons. The van der Waals surface area contributed by atoms with E-state index in [1.165, 1.54) is 38.5 Å². The van der Waals surface area contributed by atoms with Gasteiger partial charge in [-0.1, -0.05) is 34.2 Å². The molecule has 0 aromatic heterocycles. The quantitative estimate of drug-likeness (QED) is 0.374. The maximum Gasteiger partial charge on any atom is 0.264 e. The summed E-state index contributed by atoms with van der Waals surface area (Å²) in [5.41, 5.74) is 12.1. The molecule has 0 saturated heterocycles. The Morgan fingerprint density at radius 1 is 0.643 bits per heavy atom. The Hall–Kier alpha value is -1.21. The monoisotopic (exact) mass is 412 g/mol. The van der Waals surface area contributed by atoms with Crippen molar-refractivity contribution in [3.63, 3.8) is 0 Å².